The number of amides is 1. The first-order chi connectivity index (χ1) is 11.9. The van der Waals surface area contributed by atoms with E-state index in [1.807, 2.05) is 0 Å². The molecule has 1 amide bonds. The molecule has 0 aliphatic heterocycles. The number of nitrogens with zero attached hydrogens (tertiary/aromatic N) is 2. The van der Waals surface area contributed by atoms with Crippen molar-refractivity contribution >= 4 is 29.4 Å². The minimum Gasteiger partial charge on any atom is -0.504 e. The highest BCUT2D eigenvalue weighted by Crippen LogP contribution is 2.33. The fourth-order valence-corrected chi connectivity index (χ4v) is 2.04. The number of phenols is 1. The van der Waals surface area contributed by atoms with Gasteiger partial charge in [-0.1, -0.05) is 11.6 Å². The van der Waals surface area contributed by atoms with Crippen LogP contribution in [-0.2, 0) is 0 Å². The first kappa shape index (κ1) is 18.2. The molecule has 0 fully saturated rings. The van der Waals surface area contributed by atoms with Crippen molar-refractivity contribution < 1.29 is 19.6 Å². The Hall–Kier alpha value is -3.13. The molecule has 2 N–H and O–H groups in total. The van der Waals surface area contributed by atoms with Crippen LogP contribution < -0.4 is 10.2 Å². The Morgan fingerprint density at radius 1 is 1.40 bits per heavy atom. The average Bonchev–Trinajstić information content (AvgIpc) is 2.58. The Labute approximate surface area is 147 Å². The first-order valence-corrected chi connectivity index (χ1v) is 7.53. The van der Waals surface area contributed by atoms with Crippen molar-refractivity contribution in [3.05, 3.63) is 62.7 Å². The summed E-state index contributed by atoms with van der Waals surface area (Å²) in [5.74, 6) is -0.845. The molecule has 25 heavy (non-hydrogen) atoms. The van der Waals surface area contributed by atoms with Gasteiger partial charge in [0.25, 0.3) is 11.6 Å². The topological polar surface area (TPSA) is 114 Å². The number of nitrogens with one attached hydrogen (secondary N) is 1. The number of hydrogen-bond acceptors (Lipinski definition) is 6. The van der Waals surface area contributed by atoms with Crippen LogP contribution in [0.5, 0.6) is 11.5 Å². The highest BCUT2D eigenvalue weighted by molar-refractivity contribution is 6.30. The van der Waals surface area contributed by atoms with Crippen molar-refractivity contribution in [1.29, 1.82) is 0 Å². The molecular formula is C16H14ClN3O5. The fourth-order valence-electron chi connectivity index (χ4n) is 1.91. The van der Waals surface area contributed by atoms with Gasteiger partial charge in [-0.05, 0) is 31.2 Å². The number of aromatic hydroxyl groups is 1. The standard InChI is InChI=1S/C16H14ClN3O5/c1-2-25-14-8-13(20(23)24)7-11(15(14)21)9-18-19-16(22)10-3-5-12(17)6-4-10/h3-9,21H,2H2,1H3,(H,19,22). The van der Waals surface area contributed by atoms with Gasteiger partial charge in [0.05, 0.1) is 23.8 Å². The Morgan fingerprint density at radius 2 is 2.08 bits per heavy atom. The summed E-state index contributed by atoms with van der Waals surface area (Å²) in [7, 11) is 0. The first-order valence-electron chi connectivity index (χ1n) is 7.15. The second kappa shape index (κ2) is 8.11. The van der Waals surface area contributed by atoms with Crippen LogP contribution in [0.2, 0.25) is 5.02 Å². The van der Waals surface area contributed by atoms with E-state index in [4.69, 9.17) is 16.3 Å². The van der Waals surface area contributed by atoms with Crippen LogP contribution in [0.15, 0.2) is 41.5 Å². The van der Waals surface area contributed by atoms with Gasteiger partial charge in [0, 0.05) is 22.2 Å². The van der Waals surface area contributed by atoms with E-state index in [0.717, 1.165) is 18.3 Å². The van der Waals surface area contributed by atoms with Gasteiger partial charge in [-0.2, -0.15) is 5.10 Å². The van der Waals surface area contributed by atoms with E-state index in [0.29, 0.717) is 10.6 Å². The van der Waals surface area contributed by atoms with Crippen molar-refractivity contribution in [3.8, 4) is 11.5 Å². The number of rotatable bonds is 6. The number of nitro benzene ring substituents is 1. The lowest BCUT2D eigenvalue weighted by Gasteiger charge is -2.08. The third kappa shape index (κ3) is 4.67. The maximum Gasteiger partial charge on any atom is 0.274 e. The van der Waals surface area contributed by atoms with Crippen LogP contribution in [0.1, 0.15) is 22.8 Å². The number of ether oxygens (including phenoxy) is 1. The van der Waals surface area contributed by atoms with Crippen LogP contribution in [0.4, 0.5) is 5.69 Å². The molecule has 0 aromatic heterocycles. The minimum absolute atomic E-state index is 0.0362. The van der Waals surface area contributed by atoms with E-state index in [1.165, 1.54) is 12.1 Å². The van der Waals surface area contributed by atoms with Gasteiger partial charge in [-0.25, -0.2) is 5.43 Å². The van der Waals surface area contributed by atoms with Gasteiger partial charge in [-0.15, -0.1) is 0 Å². The lowest BCUT2D eigenvalue weighted by molar-refractivity contribution is -0.385. The predicted octanol–water partition coefficient (Wildman–Crippen LogP) is 3.12. The third-order valence-electron chi connectivity index (χ3n) is 3.08. The van der Waals surface area contributed by atoms with E-state index in [-0.39, 0.29) is 29.4 Å². The summed E-state index contributed by atoms with van der Waals surface area (Å²) in [6.45, 7) is 1.90. The lowest BCUT2D eigenvalue weighted by atomic mass is 10.1. The molecule has 0 saturated carbocycles. The number of halogens is 1. The number of nitro groups is 1. The number of phenolic OH excluding ortho intramolecular Hbond substituents is 1. The molecular weight excluding hydrogens is 350 g/mol. The molecule has 0 heterocycles. The van der Waals surface area contributed by atoms with Crippen molar-refractivity contribution in [2.24, 2.45) is 5.10 Å². The number of carbonyl (C=O) groups excluding carboxylic acids is 1. The van der Waals surface area contributed by atoms with Gasteiger partial charge in [0.1, 0.15) is 0 Å². The SMILES string of the molecule is CCOc1cc([N+](=O)[O-])cc(C=NNC(=O)c2ccc(Cl)cc2)c1O. The highest BCUT2D eigenvalue weighted by Gasteiger charge is 2.16. The average molecular weight is 364 g/mol. The maximum absolute atomic E-state index is 11.9. The zero-order valence-electron chi connectivity index (χ0n) is 13.1. The normalized spacial score (nSPS) is 10.6. The fraction of sp³-hybridized carbons (Fsp3) is 0.125. The molecule has 0 aliphatic carbocycles. The number of carbonyl (C=O) groups is 1. The van der Waals surface area contributed by atoms with Crippen molar-refractivity contribution in [3.63, 3.8) is 0 Å². The highest BCUT2D eigenvalue weighted by atomic mass is 35.5. The summed E-state index contributed by atoms with van der Waals surface area (Å²) >= 11 is 5.74. The Balaban J connectivity index is 2.20. The van der Waals surface area contributed by atoms with Gasteiger partial charge >= 0.3 is 0 Å². The molecule has 2 rings (SSSR count). The van der Waals surface area contributed by atoms with Crippen molar-refractivity contribution in [2.45, 2.75) is 6.92 Å². The van der Waals surface area contributed by atoms with Crippen molar-refractivity contribution in [2.75, 3.05) is 6.61 Å². The summed E-state index contributed by atoms with van der Waals surface area (Å²) < 4.78 is 5.16. The predicted molar refractivity (Wildman–Crippen MR) is 92.4 cm³/mol. The monoisotopic (exact) mass is 363 g/mol. The largest absolute Gasteiger partial charge is 0.504 e. The summed E-state index contributed by atoms with van der Waals surface area (Å²) in [5.41, 5.74) is 2.36. The minimum atomic E-state index is -0.619. The molecule has 2 aromatic carbocycles. The zero-order valence-corrected chi connectivity index (χ0v) is 13.9. The second-order valence-electron chi connectivity index (χ2n) is 4.78. The summed E-state index contributed by atoms with van der Waals surface area (Å²) in [6, 6.07) is 8.39. The van der Waals surface area contributed by atoms with Crippen LogP contribution in [0.3, 0.4) is 0 Å². The van der Waals surface area contributed by atoms with Crippen LogP contribution >= 0.6 is 11.6 Å². The molecule has 0 atom stereocenters. The zero-order chi connectivity index (χ0) is 18.4. The third-order valence-corrected chi connectivity index (χ3v) is 3.33. The maximum atomic E-state index is 11.9. The number of hydrazone groups is 1. The van der Waals surface area contributed by atoms with E-state index in [9.17, 15) is 20.0 Å². The smallest absolute Gasteiger partial charge is 0.274 e. The molecule has 130 valence electrons. The Bertz CT molecular complexity index is 821. The lowest BCUT2D eigenvalue weighted by Crippen LogP contribution is -2.17. The Morgan fingerprint density at radius 3 is 2.68 bits per heavy atom. The summed E-state index contributed by atoms with van der Waals surface area (Å²) in [4.78, 5) is 22.3. The molecule has 0 saturated heterocycles. The molecule has 8 nitrogen and oxygen atoms in total. The molecule has 0 unspecified atom stereocenters. The number of hydrogen-bond donors (Lipinski definition) is 2. The molecule has 2 aromatic rings. The van der Waals surface area contributed by atoms with E-state index in [1.54, 1.807) is 19.1 Å². The number of benzene rings is 2. The van der Waals surface area contributed by atoms with Crippen molar-refractivity contribution in [1.82, 2.24) is 5.43 Å². The quantitative estimate of drug-likeness (QED) is 0.465. The van der Waals surface area contributed by atoms with Crippen LogP contribution in [-0.4, -0.2) is 28.8 Å². The van der Waals surface area contributed by atoms with E-state index >= 15 is 0 Å². The van der Waals surface area contributed by atoms with Gasteiger partial charge < -0.3 is 9.84 Å². The number of non-ortho nitro benzene ring substituents is 1. The Kier molecular flexibility index (Phi) is 5.91. The molecule has 0 bridgehead atoms. The second-order valence-corrected chi connectivity index (χ2v) is 5.21. The van der Waals surface area contributed by atoms with Crippen LogP contribution in [0, 0.1) is 10.1 Å². The molecule has 9 heteroatoms. The van der Waals surface area contributed by atoms with Gasteiger partial charge in [-0.3, -0.25) is 14.9 Å². The molecule has 0 radical (unpaired) electrons. The van der Waals surface area contributed by atoms with E-state index < -0.39 is 10.8 Å². The van der Waals surface area contributed by atoms with Crippen LogP contribution in [0.25, 0.3) is 0 Å². The molecule has 0 spiro atoms. The van der Waals surface area contributed by atoms with Gasteiger partial charge in [0.15, 0.2) is 11.5 Å². The summed E-state index contributed by atoms with van der Waals surface area (Å²) in [5, 5.41) is 25.2. The summed E-state index contributed by atoms with van der Waals surface area (Å²) in [6.07, 6.45) is 1.10. The van der Waals surface area contributed by atoms with Gasteiger partial charge in [0.2, 0.25) is 0 Å². The molecule has 0 aliphatic rings. The van der Waals surface area contributed by atoms with E-state index in [2.05, 4.69) is 10.5 Å².